The molecule has 0 aromatic heterocycles. The lowest BCUT2D eigenvalue weighted by atomic mass is 10.1. The summed E-state index contributed by atoms with van der Waals surface area (Å²) in [7, 11) is 1.58. The molecule has 0 unspecified atom stereocenters. The number of hydrogen-bond donors (Lipinski definition) is 2. The second kappa shape index (κ2) is 9.43. The summed E-state index contributed by atoms with van der Waals surface area (Å²) in [6.07, 6.45) is -0.0401. The molecule has 10 heteroatoms. The van der Waals surface area contributed by atoms with Crippen LogP contribution >= 0.6 is 11.8 Å². The fraction of sp³-hybridized carbons (Fsp3) is 0.190. The molecule has 2 amide bonds. The molecule has 1 heterocycles. The average Bonchev–Trinajstić information content (AvgIpc) is 3.04. The van der Waals surface area contributed by atoms with Gasteiger partial charge < -0.3 is 15.6 Å². The molecule has 3 N–H and O–H groups in total. The molecule has 1 atom stereocenters. The molecule has 1 saturated heterocycles. The number of anilines is 1. The van der Waals surface area contributed by atoms with Gasteiger partial charge in [-0.25, -0.2) is 9.69 Å². The summed E-state index contributed by atoms with van der Waals surface area (Å²) >= 11 is 0.963. The Labute approximate surface area is 182 Å². The van der Waals surface area contributed by atoms with E-state index in [-0.39, 0.29) is 17.2 Å². The lowest BCUT2D eigenvalue weighted by Crippen LogP contribution is -2.31. The molecule has 3 rings (SSSR count). The summed E-state index contributed by atoms with van der Waals surface area (Å²) in [5.41, 5.74) is 7.75. The van der Waals surface area contributed by atoms with Crippen molar-refractivity contribution < 1.29 is 24.2 Å². The Kier molecular flexibility index (Phi) is 6.71. The van der Waals surface area contributed by atoms with E-state index in [0.29, 0.717) is 11.4 Å². The average molecular weight is 440 g/mol. The second-order valence-corrected chi connectivity index (χ2v) is 7.81. The predicted octanol–water partition coefficient (Wildman–Crippen LogP) is 2.50. The third kappa shape index (κ3) is 5.10. The maximum atomic E-state index is 12.7. The number of carboxylic acid groups (broad SMARTS) is 1. The quantitative estimate of drug-likeness (QED) is 0.305. The summed E-state index contributed by atoms with van der Waals surface area (Å²) < 4.78 is 5.12. The Morgan fingerprint density at radius 1 is 1.10 bits per heavy atom. The minimum atomic E-state index is -1.09. The Balaban J connectivity index is 1.68. The topological polar surface area (TPSA) is 135 Å². The zero-order valence-electron chi connectivity index (χ0n) is 16.8. The molecular formula is C21H20N4O5S. The molecule has 2 aromatic rings. The van der Waals surface area contributed by atoms with Crippen molar-refractivity contribution in [1.82, 2.24) is 0 Å². The van der Waals surface area contributed by atoms with Crippen molar-refractivity contribution in [2.24, 2.45) is 15.9 Å². The third-order valence-electron chi connectivity index (χ3n) is 4.55. The van der Waals surface area contributed by atoms with Gasteiger partial charge in [-0.05, 0) is 61.0 Å². The van der Waals surface area contributed by atoms with E-state index >= 15 is 0 Å². The van der Waals surface area contributed by atoms with Crippen molar-refractivity contribution in [2.45, 2.75) is 18.6 Å². The van der Waals surface area contributed by atoms with Crippen LogP contribution in [0.2, 0.25) is 0 Å². The maximum Gasteiger partial charge on any atom is 0.335 e. The number of thioether (sulfide) groups is 1. The molecular weight excluding hydrogens is 420 g/mol. The molecule has 0 spiro atoms. The second-order valence-electron chi connectivity index (χ2n) is 6.58. The highest BCUT2D eigenvalue weighted by molar-refractivity contribution is 8.14. The summed E-state index contributed by atoms with van der Waals surface area (Å²) in [5, 5.41) is 16.4. The first-order valence-electron chi connectivity index (χ1n) is 9.19. The highest BCUT2D eigenvalue weighted by Gasteiger charge is 2.40. The summed E-state index contributed by atoms with van der Waals surface area (Å²) in [6, 6.07) is 12.8. The zero-order valence-corrected chi connectivity index (χ0v) is 17.6. The predicted molar refractivity (Wildman–Crippen MR) is 119 cm³/mol. The molecule has 0 aliphatic carbocycles. The number of hydrogen-bond acceptors (Lipinski definition) is 7. The van der Waals surface area contributed by atoms with E-state index in [1.54, 1.807) is 26.2 Å². The third-order valence-corrected chi connectivity index (χ3v) is 5.52. The van der Waals surface area contributed by atoms with Gasteiger partial charge in [0.25, 0.3) is 0 Å². The molecule has 160 valence electrons. The minimum absolute atomic E-state index is 0.0401. The number of nitrogens with zero attached hydrogens (tertiary/aromatic N) is 3. The molecule has 31 heavy (non-hydrogen) atoms. The van der Waals surface area contributed by atoms with Crippen LogP contribution in [0.15, 0.2) is 58.7 Å². The first-order chi connectivity index (χ1) is 14.8. The van der Waals surface area contributed by atoms with Gasteiger partial charge in [0.1, 0.15) is 11.0 Å². The molecule has 1 aliphatic rings. The molecule has 1 fully saturated rings. The first-order valence-corrected chi connectivity index (χ1v) is 10.1. The summed E-state index contributed by atoms with van der Waals surface area (Å²) in [5.74, 6) is -1.20. The standard InChI is InChI=1S/C21H20N4O5S/c1-12(13-5-9-16(30-2)10-6-13)23-24-21(22)31-17-11-18(26)25(19(17)27)15-7-3-14(4-8-15)20(28)29/h3-10,17H,11H2,1-2H3,(H2,22,24)(H,28,29)/b23-12-/t17-/m1/s1. The highest BCUT2D eigenvalue weighted by atomic mass is 32.2. The molecule has 0 saturated carbocycles. The van der Waals surface area contributed by atoms with Gasteiger partial charge in [-0.1, -0.05) is 11.8 Å². The fourth-order valence-corrected chi connectivity index (χ4v) is 3.72. The zero-order chi connectivity index (χ0) is 22.5. The largest absolute Gasteiger partial charge is 0.497 e. The monoisotopic (exact) mass is 440 g/mol. The molecule has 1 aliphatic heterocycles. The number of carboxylic acids is 1. The number of benzene rings is 2. The van der Waals surface area contributed by atoms with E-state index in [9.17, 15) is 14.4 Å². The normalized spacial score (nSPS) is 17.2. The van der Waals surface area contributed by atoms with Crippen molar-refractivity contribution in [1.29, 1.82) is 0 Å². The molecule has 0 radical (unpaired) electrons. The van der Waals surface area contributed by atoms with Crippen LogP contribution in [0.1, 0.15) is 29.3 Å². The number of aromatic carboxylic acids is 1. The van der Waals surface area contributed by atoms with E-state index in [1.165, 1.54) is 24.3 Å². The number of amides is 2. The van der Waals surface area contributed by atoms with Crippen molar-refractivity contribution in [2.75, 3.05) is 12.0 Å². The number of nitrogens with two attached hydrogens (primary N) is 1. The van der Waals surface area contributed by atoms with E-state index in [4.69, 9.17) is 15.6 Å². The number of methoxy groups -OCH3 is 1. The number of rotatable bonds is 6. The van der Waals surface area contributed by atoms with Gasteiger partial charge in [0.15, 0.2) is 5.17 Å². The van der Waals surface area contributed by atoms with Gasteiger partial charge in [0.05, 0.1) is 24.1 Å². The van der Waals surface area contributed by atoms with Gasteiger partial charge >= 0.3 is 5.97 Å². The van der Waals surface area contributed by atoms with Crippen LogP contribution in [0.4, 0.5) is 5.69 Å². The van der Waals surface area contributed by atoms with Crippen LogP contribution < -0.4 is 15.4 Å². The number of carbonyl (C=O) groups is 3. The van der Waals surface area contributed by atoms with Gasteiger partial charge in [-0.15, -0.1) is 5.10 Å². The van der Waals surface area contributed by atoms with Crippen molar-refractivity contribution in [3.63, 3.8) is 0 Å². The van der Waals surface area contributed by atoms with E-state index in [0.717, 1.165) is 28.0 Å². The van der Waals surface area contributed by atoms with Crippen LogP contribution in [0.3, 0.4) is 0 Å². The SMILES string of the molecule is COc1ccc(/C(C)=N\N=C(N)S[C@@H]2CC(=O)N(c3ccc(C(=O)O)cc3)C2=O)cc1. The molecule has 0 bridgehead atoms. The summed E-state index contributed by atoms with van der Waals surface area (Å²) in [4.78, 5) is 37.1. The fourth-order valence-electron chi connectivity index (χ4n) is 2.90. The lowest BCUT2D eigenvalue weighted by Gasteiger charge is -2.14. The Bertz CT molecular complexity index is 1060. The van der Waals surface area contributed by atoms with Crippen LogP contribution in [-0.2, 0) is 9.59 Å². The number of carbonyl (C=O) groups excluding carboxylic acids is 2. The van der Waals surface area contributed by atoms with Gasteiger partial charge in [0.2, 0.25) is 11.8 Å². The van der Waals surface area contributed by atoms with Crippen LogP contribution in [0.25, 0.3) is 0 Å². The van der Waals surface area contributed by atoms with E-state index in [2.05, 4.69) is 10.2 Å². The van der Waals surface area contributed by atoms with Crippen molar-refractivity contribution in [3.8, 4) is 5.75 Å². The highest BCUT2D eigenvalue weighted by Crippen LogP contribution is 2.30. The van der Waals surface area contributed by atoms with E-state index < -0.39 is 23.0 Å². The summed E-state index contributed by atoms with van der Waals surface area (Å²) in [6.45, 7) is 1.77. The molecule has 2 aromatic carbocycles. The van der Waals surface area contributed by atoms with E-state index in [1.807, 2.05) is 12.1 Å². The van der Waals surface area contributed by atoms with Gasteiger partial charge in [0, 0.05) is 6.42 Å². The van der Waals surface area contributed by atoms with Crippen LogP contribution in [0.5, 0.6) is 5.75 Å². The van der Waals surface area contributed by atoms with Crippen LogP contribution in [0, 0.1) is 0 Å². The smallest absolute Gasteiger partial charge is 0.335 e. The Morgan fingerprint density at radius 3 is 2.29 bits per heavy atom. The number of ether oxygens (including phenoxy) is 1. The Hall–Kier alpha value is -3.66. The maximum absolute atomic E-state index is 12.7. The number of imide groups is 1. The van der Waals surface area contributed by atoms with Crippen molar-refractivity contribution in [3.05, 3.63) is 59.7 Å². The van der Waals surface area contributed by atoms with Gasteiger partial charge in [-0.2, -0.15) is 5.10 Å². The minimum Gasteiger partial charge on any atom is -0.497 e. The first kappa shape index (κ1) is 22.0. The van der Waals surface area contributed by atoms with Gasteiger partial charge in [-0.3, -0.25) is 9.59 Å². The van der Waals surface area contributed by atoms with Crippen molar-refractivity contribution >= 4 is 46.1 Å². The number of amidine groups is 1. The van der Waals surface area contributed by atoms with Crippen LogP contribution in [-0.4, -0.2) is 46.1 Å². The Morgan fingerprint density at radius 2 is 1.71 bits per heavy atom. The lowest BCUT2D eigenvalue weighted by molar-refractivity contribution is -0.121. The molecule has 9 nitrogen and oxygen atoms in total.